The second kappa shape index (κ2) is 9.69. The largest absolute Gasteiger partial charge is 0.488 e. The van der Waals surface area contributed by atoms with Gasteiger partial charge in [-0.3, -0.25) is 4.79 Å². The van der Waals surface area contributed by atoms with Crippen LogP contribution in [0.4, 0.5) is 4.39 Å². The normalized spacial score (nSPS) is 10.5. The van der Waals surface area contributed by atoms with Crippen molar-refractivity contribution in [3.8, 4) is 5.75 Å². The smallest absolute Gasteiger partial charge is 0.342 e. The van der Waals surface area contributed by atoms with Crippen molar-refractivity contribution < 1.29 is 28.0 Å². The zero-order valence-electron chi connectivity index (χ0n) is 16.6. The molecule has 0 spiro atoms. The molecule has 1 aromatic heterocycles. The molecule has 0 saturated heterocycles. The van der Waals surface area contributed by atoms with Gasteiger partial charge in [-0.05, 0) is 43.7 Å². The standard InChI is InChI=1S/C22H21FN2O5/c1-14-19(15(2)30-25-14)12-28-20-6-4-3-5-18(20)22(27)29-13-21(26)24-11-16-7-9-17(23)10-8-16/h3-10H,11-13H2,1-2H3,(H,24,26). The molecule has 0 bridgehead atoms. The highest BCUT2D eigenvalue weighted by Crippen LogP contribution is 2.22. The highest BCUT2D eigenvalue weighted by molar-refractivity contribution is 5.94. The van der Waals surface area contributed by atoms with Crippen LogP contribution in [0, 0.1) is 19.7 Å². The molecule has 30 heavy (non-hydrogen) atoms. The number of hydrogen-bond donors (Lipinski definition) is 1. The van der Waals surface area contributed by atoms with Crippen LogP contribution in [0.1, 0.15) is 32.9 Å². The molecule has 0 unspecified atom stereocenters. The van der Waals surface area contributed by atoms with E-state index in [0.29, 0.717) is 17.2 Å². The number of aryl methyl sites for hydroxylation is 2. The van der Waals surface area contributed by atoms with E-state index in [9.17, 15) is 14.0 Å². The first-order valence-corrected chi connectivity index (χ1v) is 9.26. The molecule has 2 aromatic carbocycles. The molecule has 3 aromatic rings. The molecular weight excluding hydrogens is 391 g/mol. The minimum absolute atomic E-state index is 0.184. The van der Waals surface area contributed by atoms with E-state index in [4.69, 9.17) is 14.0 Å². The van der Waals surface area contributed by atoms with Crippen molar-refractivity contribution in [2.45, 2.75) is 27.0 Å². The molecule has 0 aliphatic carbocycles. The summed E-state index contributed by atoms with van der Waals surface area (Å²) in [4.78, 5) is 24.4. The summed E-state index contributed by atoms with van der Waals surface area (Å²) in [7, 11) is 0. The summed E-state index contributed by atoms with van der Waals surface area (Å²) in [5.74, 6) is -0.531. The topological polar surface area (TPSA) is 90.7 Å². The van der Waals surface area contributed by atoms with Gasteiger partial charge < -0.3 is 19.3 Å². The van der Waals surface area contributed by atoms with Crippen LogP contribution < -0.4 is 10.1 Å². The number of nitrogens with zero attached hydrogens (tertiary/aromatic N) is 1. The van der Waals surface area contributed by atoms with Gasteiger partial charge in [-0.15, -0.1) is 0 Å². The van der Waals surface area contributed by atoms with Gasteiger partial charge in [0.25, 0.3) is 5.91 Å². The van der Waals surface area contributed by atoms with Gasteiger partial charge in [-0.1, -0.05) is 29.4 Å². The number of ether oxygens (including phenoxy) is 2. The molecular formula is C22H21FN2O5. The van der Waals surface area contributed by atoms with Crippen molar-refractivity contribution in [3.05, 3.63) is 82.5 Å². The number of nitrogens with one attached hydrogen (secondary N) is 1. The molecule has 3 rings (SSSR count). The minimum atomic E-state index is -0.679. The van der Waals surface area contributed by atoms with Crippen LogP contribution in [0.3, 0.4) is 0 Å². The fourth-order valence-electron chi connectivity index (χ4n) is 2.68. The van der Waals surface area contributed by atoms with E-state index in [2.05, 4.69) is 10.5 Å². The lowest BCUT2D eigenvalue weighted by atomic mass is 10.2. The van der Waals surface area contributed by atoms with Crippen LogP contribution >= 0.6 is 0 Å². The molecule has 1 amide bonds. The lowest BCUT2D eigenvalue weighted by molar-refractivity contribution is -0.124. The highest BCUT2D eigenvalue weighted by atomic mass is 19.1. The quantitative estimate of drug-likeness (QED) is 0.570. The van der Waals surface area contributed by atoms with Gasteiger partial charge in [-0.25, -0.2) is 9.18 Å². The number of aromatic nitrogens is 1. The first-order chi connectivity index (χ1) is 14.4. The maximum atomic E-state index is 12.9. The average Bonchev–Trinajstić information content (AvgIpc) is 3.07. The monoisotopic (exact) mass is 412 g/mol. The maximum Gasteiger partial charge on any atom is 0.342 e. The number of amides is 1. The van der Waals surface area contributed by atoms with Crippen molar-refractivity contribution in [1.82, 2.24) is 10.5 Å². The molecule has 1 heterocycles. The van der Waals surface area contributed by atoms with E-state index in [-0.39, 0.29) is 24.5 Å². The third kappa shape index (κ3) is 5.44. The van der Waals surface area contributed by atoms with Crippen molar-refractivity contribution in [3.63, 3.8) is 0 Å². The number of para-hydroxylation sites is 1. The lowest BCUT2D eigenvalue weighted by Gasteiger charge is -2.11. The Morgan fingerprint density at radius 1 is 1.10 bits per heavy atom. The van der Waals surface area contributed by atoms with Gasteiger partial charge in [0, 0.05) is 6.54 Å². The number of carbonyl (C=O) groups excluding carboxylic acids is 2. The van der Waals surface area contributed by atoms with Gasteiger partial charge >= 0.3 is 5.97 Å². The Hall–Kier alpha value is -3.68. The molecule has 8 heteroatoms. The number of esters is 1. The molecule has 0 saturated carbocycles. The van der Waals surface area contributed by atoms with Crippen LogP contribution in [-0.2, 0) is 22.7 Å². The Kier molecular flexibility index (Phi) is 6.79. The van der Waals surface area contributed by atoms with E-state index in [0.717, 1.165) is 11.1 Å². The molecule has 0 atom stereocenters. The lowest BCUT2D eigenvalue weighted by Crippen LogP contribution is -2.28. The van der Waals surface area contributed by atoms with Crippen LogP contribution in [0.5, 0.6) is 5.75 Å². The van der Waals surface area contributed by atoms with Crippen LogP contribution in [-0.4, -0.2) is 23.6 Å². The number of halogens is 1. The van der Waals surface area contributed by atoms with E-state index in [1.807, 2.05) is 0 Å². The van der Waals surface area contributed by atoms with Crippen LogP contribution in [0.2, 0.25) is 0 Å². The summed E-state index contributed by atoms with van der Waals surface area (Å²) >= 11 is 0. The molecule has 1 N–H and O–H groups in total. The number of carbonyl (C=O) groups is 2. The first-order valence-electron chi connectivity index (χ1n) is 9.26. The van der Waals surface area contributed by atoms with Crippen LogP contribution in [0.25, 0.3) is 0 Å². The summed E-state index contributed by atoms with van der Waals surface area (Å²) in [6.07, 6.45) is 0. The zero-order chi connectivity index (χ0) is 21.5. The maximum absolute atomic E-state index is 12.9. The Bertz CT molecular complexity index is 1010. The van der Waals surface area contributed by atoms with Gasteiger partial charge in [0.05, 0.1) is 11.3 Å². The average molecular weight is 412 g/mol. The fraction of sp³-hybridized carbons (Fsp3) is 0.227. The Labute approximate surface area is 172 Å². The number of rotatable bonds is 8. The highest BCUT2D eigenvalue weighted by Gasteiger charge is 2.17. The molecule has 0 radical (unpaired) electrons. The fourth-order valence-corrected chi connectivity index (χ4v) is 2.68. The molecule has 0 aliphatic rings. The van der Waals surface area contributed by atoms with Gasteiger partial charge in [0.15, 0.2) is 6.61 Å². The molecule has 0 aliphatic heterocycles. The van der Waals surface area contributed by atoms with E-state index >= 15 is 0 Å². The Morgan fingerprint density at radius 3 is 2.53 bits per heavy atom. The van der Waals surface area contributed by atoms with Gasteiger partial charge in [0.1, 0.15) is 29.5 Å². The second-order valence-corrected chi connectivity index (χ2v) is 6.57. The summed E-state index contributed by atoms with van der Waals surface area (Å²) in [6.45, 7) is 3.53. The van der Waals surface area contributed by atoms with Crippen molar-refractivity contribution in [2.24, 2.45) is 0 Å². The van der Waals surface area contributed by atoms with Crippen molar-refractivity contribution in [2.75, 3.05) is 6.61 Å². The summed E-state index contributed by atoms with van der Waals surface area (Å²) in [6, 6.07) is 12.3. The third-order valence-electron chi connectivity index (χ3n) is 4.40. The minimum Gasteiger partial charge on any atom is -0.488 e. The number of hydrogen-bond acceptors (Lipinski definition) is 6. The predicted molar refractivity (Wildman–Crippen MR) is 105 cm³/mol. The SMILES string of the molecule is Cc1noc(C)c1COc1ccccc1C(=O)OCC(=O)NCc1ccc(F)cc1. The Morgan fingerprint density at radius 2 is 1.83 bits per heavy atom. The van der Waals surface area contributed by atoms with Gasteiger partial charge in [0.2, 0.25) is 0 Å². The summed E-state index contributed by atoms with van der Waals surface area (Å²) in [5.41, 5.74) is 2.45. The molecule has 156 valence electrons. The zero-order valence-corrected chi connectivity index (χ0v) is 16.6. The number of benzene rings is 2. The summed E-state index contributed by atoms with van der Waals surface area (Å²) < 4.78 is 28.9. The predicted octanol–water partition coefficient (Wildman–Crippen LogP) is 3.48. The molecule has 7 nitrogen and oxygen atoms in total. The van der Waals surface area contributed by atoms with Crippen molar-refractivity contribution in [1.29, 1.82) is 0 Å². The van der Waals surface area contributed by atoms with E-state index in [1.54, 1.807) is 50.2 Å². The Balaban J connectivity index is 1.53. The van der Waals surface area contributed by atoms with E-state index < -0.39 is 18.5 Å². The van der Waals surface area contributed by atoms with E-state index in [1.165, 1.54) is 12.1 Å². The van der Waals surface area contributed by atoms with Gasteiger partial charge in [-0.2, -0.15) is 0 Å². The van der Waals surface area contributed by atoms with Crippen LogP contribution in [0.15, 0.2) is 53.1 Å². The second-order valence-electron chi connectivity index (χ2n) is 6.57. The third-order valence-corrected chi connectivity index (χ3v) is 4.40. The van der Waals surface area contributed by atoms with Crippen molar-refractivity contribution >= 4 is 11.9 Å². The summed E-state index contributed by atoms with van der Waals surface area (Å²) in [5, 5.41) is 6.48. The first kappa shape index (κ1) is 21.0. The molecule has 0 fully saturated rings.